The Morgan fingerprint density at radius 3 is 2.73 bits per heavy atom. The first-order valence-corrected chi connectivity index (χ1v) is 8.15. The number of hydrogen-bond acceptors (Lipinski definition) is 1. The molecule has 2 nitrogen and oxygen atoms in total. The highest BCUT2D eigenvalue weighted by Gasteiger charge is 2.20. The largest absolute Gasteiger partial charge is 0.349 e. The molecule has 0 unspecified atom stereocenters. The van der Waals surface area contributed by atoms with Crippen LogP contribution in [0.15, 0.2) is 48.5 Å². The molecule has 0 aliphatic heterocycles. The maximum Gasteiger partial charge on any atom is 0.220 e. The maximum absolute atomic E-state index is 12.3. The molecule has 1 atom stereocenters. The Hall–Kier alpha value is -2.09. The monoisotopic (exact) mass is 293 g/mol. The van der Waals surface area contributed by atoms with Gasteiger partial charge < -0.3 is 5.32 Å². The highest BCUT2D eigenvalue weighted by molar-refractivity contribution is 5.76. The van der Waals surface area contributed by atoms with Crippen molar-refractivity contribution in [3.8, 4) is 0 Å². The van der Waals surface area contributed by atoms with Crippen molar-refractivity contribution in [3.63, 3.8) is 0 Å². The lowest BCUT2D eigenvalue weighted by molar-refractivity contribution is -0.121. The first-order valence-electron chi connectivity index (χ1n) is 8.15. The summed E-state index contributed by atoms with van der Waals surface area (Å²) in [5.41, 5.74) is 5.17. The number of amides is 1. The summed E-state index contributed by atoms with van der Waals surface area (Å²) in [7, 11) is 0. The van der Waals surface area contributed by atoms with Crippen molar-refractivity contribution < 1.29 is 4.79 Å². The Kier molecular flexibility index (Phi) is 4.57. The van der Waals surface area contributed by atoms with Crippen LogP contribution in [-0.2, 0) is 17.6 Å². The molecule has 0 bridgehead atoms. The van der Waals surface area contributed by atoms with Crippen LogP contribution in [0.3, 0.4) is 0 Å². The van der Waals surface area contributed by atoms with E-state index < -0.39 is 0 Å². The lowest BCUT2D eigenvalue weighted by Gasteiger charge is -2.26. The molecule has 0 fully saturated rings. The van der Waals surface area contributed by atoms with E-state index >= 15 is 0 Å². The standard InChI is InChI=1S/C20H23NO/c1-15-9-11-16(12-10-15)13-14-20(22)21-19-8-4-6-17-5-2-3-7-18(17)19/h2-3,5,7,9-12,19H,4,6,8,13-14H2,1H3,(H,21,22)/t19-/m0/s1. The molecule has 0 aromatic heterocycles. The van der Waals surface area contributed by atoms with Gasteiger partial charge in [0.25, 0.3) is 0 Å². The normalized spacial score (nSPS) is 16.9. The van der Waals surface area contributed by atoms with Gasteiger partial charge in [-0.3, -0.25) is 4.79 Å². The summed E-state index contributed by atoms with van der Waals surface area (Å²) in [5, 5.41) is 3.22. The first-order chi connectivity index (χ1) is 10.7. The molecule has 1 aliphatic carbocycles. The molecular weight excluding hydrogens is 270 g/mol. The summed E-state index contributed by atoms with van der Waals surface area (Å²) in [4.78, 5) is 12.3. The van der Waals surface area contributed by atoms with Gasteiger partial charge in [0.15, 0.2) is 0 Å². The lowest BCUT2D eigenvalue weighted by Crippen LogP contribution is -2.31. The van der Waals surface area contributed by atoms with Crippen molar-refractivity contribution in [1.82, 2.24) is 5.32 Å². The fraction of sp³-hybridized carbons (Fsp3) is 0.350. The molecule has 0 saturated carbocycles. The Labute approximate surface area is 132 Å². The molecule has 0 radical (unpaired) electrons. The van der Waals surface area contributed by atoms with Crippen LogP contribution in [0.2, 0.25) is 0 Å². The van der Waals surface area contributed by atoms with Gasteiger partial charge in [0.1, 0.15) is 0 Å². The molecule has 0 spiro atoms. The molecule has 2 aromatic carbocycles. The Balaban J connectivity index is 1.57. The van der Waals surface area contributed by atoms with Gasteiger partial charge in [0.05, 0.1) is 6.04 Å². The Bertz CT molecular complexity index is 645. The molecule has 114 valence electrons. The Morgan fingerprint density at radius 2 is 1.91 bits per heavy atom. The average molecular weight is 293 g/mol. The highest BCUT2D eigenvalue weighted by Crippen LogP contribution is 2.29. The molecule has 3 rings (SSSR count). The summed E-state index contributed by atoms with van der Waals surface area (Å²) < 4.78 is 0. The van der Waals surface area contributed by atoms with Crippen LogP contribution in [0.1, 0.15) is 47.6 Å². The second-order valence-corrected chi connectivity index (χ2v) is 6.20. The lowest BCUT2D eigenvalue weighted by atomic mass is 9.87. The van der Waals surface area contributed by atoms with Crippen molar-refractivity contribution >= 4 is 5.91 Å². The number of rotatable bonds is 4. The molecule has 0 saturated heterocycles. The van der Waals surface area contributed by atoms with Gasteiger partial charge in [0.2, 0.25) is 5.91 Å². The van der Waals surface area contributed by atoms with E-state index in [2.05, 4.69) is 60.8 Å². The van der Waals surface area contributed by atoms with Crippen molar-refractivity contribution in [1.29, 1.82) is 0 Å². The zero-order valence-electron chi connectivity index (χ0n) is 13.1. The van der Waals surface area contributed by atoms with E-state index in [9.17, 15) is 4.79 Å². The Morgan fingerprint density at radius 1 is 1.14 bits per heavy atom. The van der Waals surface area contributed by atoms with Gasteiger partial charge in [-0.15, -0.1) is 0 Å². The minimum Gasteiger partial charge on any atom is -0.349 e. The number of fused-ring (bicyclic) bond motifs is 1. The van der Waals surface area contributed by atoms with Gasteiger partial charge >= 0.3 is 0 Å². The zero-order valence-corrected chi connectivity index (χ0v) is 13.1. The number of aryl methyl sites for hydroxylation is 3. The first kappa shape index (κ1) is 14.8. The van der Waals surface area contributed by atoms with Crippen LogP contribution in [0, 0.1) is 6.92 Å². The van der Waals surface area contributed by atoms with E-state index in [1.165, 1.54) is 22.3 Å². The second-order valence-electron chi connectivity index (χ2n) is 6.20. The third-order valence-electron chi connectivity index (χ3n) is 4.47. The average Bonchev–Trinajstić information content (AvgIpc) is 2.55. The highest BCUT2D eigenvalue weighted by atomic mass is 16.1. The third kappa shape index (κ3) is 3.56. The molecule has 1 N–H and O–H groups in total. The topological polar surface area (TPSA) is 29.1 Å². The molecule has 1 amide bonds. The molecule has 22 heavy (non-hydrogen) atoms. The minimum atomic E-state index is 0.155. The molecule has 1 aliphatic rings. The van der Waals surface area contributed by atoms with Gasteiger partial charge in [-0.1, -0.05) is 54.1 Å². The van der Waals surface area contributed by atoms with Crippen LogP contribution in [0.4, 0.5) is 0 Å². The van der Waals surface area contributed by atoms with Crippen molar-refractivity contribution in [2.45, 2.75) is 45.1 Å². The van der Waals surface area contributed by atoms with Crippen LogP contribution in [0.5, 0.6) is 0 Å². The second kappa shape index (κ2) is 6.78. The van der Waals surface area contributed by atoms with Gasteiger partial charge in [-0.05, 0) is 49.3 Å². The molecule has 2 heteroatoms. The van der Waals surface area contributed by atoms with Crippen LogP contribution >= 0.6 is 0 Å². The van der Waals surface area contributed by atoms with Crippen molar-refractivity contribution in [2.75, 3.05) is 0 Å². The van der Waals surface area contributed by atoms with E-state index in [4.69, 9.17) is 0 Å². The number of carbonyl (C=O) groups excluding carboxylic acids is 1. The van der Waals surface area contributed by atoms with E-state index in [0.717, 1.165) is 25.7 Å². The number of hydrogen-bond donors (Lipinski definition) is 1. The number of nitrogens with one attached hydrogen (secondary N) is 1. The van der Waals surface area contributed by atoms with E-state index in [0.29, 0.717) is 6.42 Å². The number of benzene rings is 2. The van der Waals surface area contributed by atoms with Gasteiger partial charge in [-0.2, -0.15) is 0 Å². The quantitative estimate of drug-likeness (QED) is 0.902. The minimum absolute atomic E-state index is 0.155. The van der Waals surface area contributed by atoms with Crippen molar-refractivity contribution in [3.05, 3.63) is 70.8 Å². The molecular formula is C20H23NO. The summed E-state index contributed by atoms with van der Waals surface area (Å²) in [6, 6.07) is 17.1. The predicted molar refractivity (Wildman–Crippen MR) is 89.8 cm³/mol. The van der Waals surface area contributed by atoms with E-state index in [1.807, 2.05) is 0 Å². The van der Waals surface area contributed by atoms with E-state index in [1.54, 1.807) is 0 Å². The summed E-state index contributed by atoms with van der Waals surface area (Å²) >= 11 is 0. The predicted octanol–water partition coefficient (Wildman–Crippen LogP) is 4.12. The van der Waals surface area contributed by atoms with Crippen LogP contribution in [0.25, 0.3) is 0 Å². The third-order valence-corrected chi connectivity index (χ3v) is 4.47. The summed E-state index contributed by atoms with van der Waals surface area (Å²) in [6.07, 6.45) is 4.70. The zero-order chi connectivity index (χ0) is 15.4. The smallest absolute Gasteiger partial charge is 0.220 e. The van der Waals surface area contributed by atoms with Crippen LogP contribution < -0.4 is 5.32 Å². The van der Waals surface area contributed by atoms with E-state index in [-0.39, 0.29) is 11.9 Å². The fourth-order valence-corrected chi connectivity index (χ4v) is 3.18. The summed E-state index contributed by atoms with van der Waals surface area (Å²) in [5.74, 6) is 0.155. The maximum atomic E-state index is 12.3. The van der Waals surface area contributed by atoms with Gasteiger partial charge in [-0.25, -0.2) is 0 Å². The van der Waals surface area contributed by atoms with Gasteiger partial charge in [0, 0.05) is 6.42 Å². The van der Waals surface area contributed by atoms with Crippen molar-refractivity contribution in [2.24, 2.45) is 0 Å². The molecule has 0 heterocycles. The molecule has 2 aromatic rings. The number of carbonyl (C=O) groups is 1. The summed E-state index contributed by atoms with van der Waals surface area (Å²) in [6.45, 7) is 2.08. The fourth-order valence-electron chi connectivity index (χ4n) is 3.18. The SMILES string of the molecule is Cc1ccc(CCC(=O)N[C@H]2CCCc3ccccc32)cc1. The van der Waals surface area contributed by atoms with Crippen LogP contribution in [-0.4, -0.2) is 5.91 Å².